The van der Waals surface area contributed by atoms with Crippen LogP contribution in [-0.2, 0) is 4.74 Å². The largest absolute Gasteiger partial charge is 0.370 e. The van der Waals surface area contributed by atoms with Gasteiger partial charge in [0.05, 0.1) is 11.7 Å². The average molecular weight is 235 g/mol. The third kappa shape index (κ3) is 1.94. The molecule has 1 atom stereocenters. The lowest BCUT2D eigenvalue weighted by molar-refractivity contribution is -0.190. The van der Waals surface area contributed by atoms with Crippen molar-refractivity contribution in [1.29, 1.82) is 0 Å². The number of ether oxygens (including phenoxy) is 1. The van der Waals surface area contributed by atoms with Crippen molar-refractivity contribution in [2.75, 3.05) is 13.1 Å². The monoisotopic (exact) mass is 235 g/mol. The van der Waals surface area contributed by atoms with Crippen molar-refractivity contribution < 1.29 is 4.74 Å². The number of hydrogen-bond donors (Lipinski definition) is 1. The fourth-order valence-corrected chi connectivity index (χ4v) is 5.45. The normalized spacial score (nSPS) is 52.9. The minimum atomic E-state index is 0.318. The van der Waals surface area contributed by atoms with Crippen LogP contribution in [0.1, 0.15) is 51.4 Å². The highest BCUT2D eigenvalue weighted by atomic mass is 16.5. The standard InChI is InChI=1S/C15H25NO/c1-2-14(10-16-3-1)17-15-7-11-4-12(8-15)6-13(5-11)9-15/h11-14,16H,1-10H2. The molecule has 1 unspecified atom stereocenters. The maximum atomic E-state index is 6.63. The molecule has 4 bridgehead atoms. The van der Waals surface area contributed by atoms with Crippen LogP contribution in [0, 0.1) is 17.8 Å². The number of nitrogens with one attached hydrogen (secondary N) is 1. The van der Waals surface area contributed by atoms with Gasteiger partial charge in [-0.2, -0.15) is 0 Å². The van der Waals surface area contributed by atoms with E-state index in [0.717, 1.165) is 24.3 Å². The Labute approximate surface area is 104 Å². The number of hydrogen-bond acceptors (Lipinski definition) is 2. The molecule has 0 radical (unpaired) electrons. The second kappa shape index (κ2) is 3.96. The first-order valence-electron chi connectivity index (χ1n) is 7.70. The van der Waals surface area contributed by atoms with Crippen LogP contribution in [0.4, 0.5) is 0 Å². The van der Waals surface area contributed by atoms with E-state index in [4.69, 9.17) is 4.74 Å². The Balaban J connectivity index is 1.48. The molecule has 1 aliphatic heterocycles. The van der Waals surface area contributed by atoms with Gasteiger partial charge in [-0.25, -0.2) is 0 Å². The molecule has 0 aromatic heterocycles. The molecule has 5 rings (SSSR count). The molecule has 5 aliphatic rings. The Morgan fingerprint density at radius 3 is 2.12 bits per heavy atom. The van der Waals surface area contributed by atoms with Crippen molar-refractivity contribution in [3.8, 4) is 0 Å². The van der Waals surface area contributed by atoms with Gasteiger partial charge >= 0.3 is 0 Å². The summed E-state index contributed by atoms with van der Waals surface area (Å²) in [5, 5.41) is 3.49. The van der Waals surface area contributed by atoms with Crippen molar-refractivity contribution in [2.45, 2.75) is 63.1 Å². The Kier molecular flexibility index (Phi) is 2.52. The van der Waals surface area contributed by atoms with Crippen LogP contribution >= 0.6 is 0 Å². The van der Waals surface area contributed by atoms with E-state index in [9.17, 15) is 0 Å². The van der Waals surface area contributed by atoms with Crippen LogP contribution in [0.3, 0.4) is 0 Å². The van der Waals surface area contributed by atoms with Gasteiger partial charge in [0, 0.05) is 6.54 Å². The maximum Gasteiger partial charge on any atom is 0.0707 e. The van der Waals surface area contributed by atoms with Crippen molar-refractivity contribution in [3.63, 3.8) is 0 Å². The maximum absolute atomic E-state index is 6.63. The quantitative estimate of drug-likeness (QED) is 0.794. The highest BCUT2D eigenvalue weighted by molar-refractivity contribution is 5.03. The lowest BCUT2D eigenvalue weighted by atomic mass is 9.54. The van der Waals surface area contributed by atoms with E-state index in [1.807, 2.05) is 0 Å². The fraction of sp³-hybridized carbons (Fsp3) is 1.00. The minimum Gasteiger partial charge on any atom is -0.370 e. The van der Waals surface area contributed by atoms with Gasteiger partial charge in [-0.15, -0.1) is 0 Å². The molecule has 1 saturated heterocycles. The van der Waals surface area contributed by atoms with Gasteiger partial charge in [0.2, 0.25) is 0 Å². The Bertz CT molecular complexity index is 260. The first-order chi connectivity index (χ1) is 8.31. The summed E-state index contributed by atoms with van der Waals surface area (Å²) in [5.41, 5.74) is 0.318. The van der Waals surface area contributed by atoms with Crippen LogP contribution in [0.15, 0.2) is 0 Å². The third-order valence-electron chi connectivity index (χ3n) is 5.65. The van der Waals surface area contributed by atoms with Gasteiger partial charge in [-0.3, -0.25) is 0 Å². The smallest absolute Gasteiger partial charge is 0.0707 e. The molecule has 0 amide bonds. The Morgan fingerprint density at radius 2 is 1.59 bits per heavy atom. The SMILES string of the molecule is C1CNCC(OC23CC4CC(CC(C4)C2)C3)C1. The van der Waals surface area contributed by atoms with E-state index in [1.165, 1.54) is 57.9 Å². The summed E-state index contributed by atoms with van der Waals surface area (Å²) in [6.07, 6.45) is 11.8. The molecule has 0 aromatic carbocycles. The predicted octanol–water partition coefficient (Wildman–Crippen LogP) is 2.72. The third-order valence-corrected chi connectivity index (χ3v) is 5.65. The summed E-state index contributed by atoms with van der Waals surface area (Å²) < 4.78 is 6.63. The zero-order valence-corrected chi connectivity index (χ0v) is 10.8. The Hall–Kier alpha value is -0.0800. The van der Waals surface area contributed by atoms with E-state index < -0.39 is 0 Å². The van der Waals surface area contributed by atoms with Gasteiger partial charge in [-0.1, -0.05) is 0 Å². The lowest BCUT2D eigenvalue weighted by Gasteiger charge is -2.57. The molecule has 4 aliphatic carbocycles. The van der Waals surface area contributed by atoms with E-state index in [1.54, 1.807) is 0 Å². The summed E-state index contributed by atoms with van der Waals surface area (Å²) in [6, 6.07) is 0. The fourth-order valence-electron chi connectivity index (χ4n) is 5.45. The zero-order chi connectivity index (χ0) is 11.3. The minimum absolute atomic E-state index is 0.318. The van der Waals surface area contributed by atoms with E-state index in [2.05, 4.69) is 5.32 Å². The molecule has 2 heteroatoms. The highest BCUT2D eigenvalue weighted by Crippen LogP contribution is 2.57. The van der Waals surface area contributed by atoms with Gasteiger partial charge in [0.25, 0.3) is 0 Å². The summed E-state index contributed by atoms with van der Waals surface area (Å²) in [5.74, 6) is 3.04. The summed E-state index contributed by atoms with van der Waals surface area (Å²) in [4.78, 5) is 0. The molecular formula is C15H25NO. The van der Waals surface area contributed by atoms with Crippen molar-refractivity contribution in [3.05, 3.63) is 0 Å². The van der Waals surface area contributed by atoms with Gasteiger partial charge in [-0.05, 0) is 75.7 Å². The van der Waals surface area contributed by atoms with E-state index in [-0.39, 0.29) is 0 Å². The molecule has 1 N–H and O–H groups in total. The first-order valence-corrected chi connectivity index (χ1v) is 7.70. The van der Waals surface area contributed by atoms with Crippen LogP contribution < -0.4 is 5.32 Å². The van der Waals surface area contributed by atoms with Crippen molar-refractivity contribution in [2.24, 2.45) is 17.8 Å². The summed E-state index contributed by atoms with van der Waals surface area (Å²) in [6.45, 7) is 2.29. The number of rotatable bonds is 2. The van der Waals surface area contributed by atoms with Crippen LogP contribution in [0.25, 0.3) is 0 Å². The predicted molar refractivity (Wildman–Crippen MR) is 67.9 cm³/mol. The van der Waals surface area contributed by atoms with Crippen LogP contribution in [0.5, 0.6) is 0 Å². The van der Waals surface area contributed by atoms with Gasteiger partial charge in [0.1, 0.15) is 0 Å². The second-order valence-corrected chi connectivity index (χ2v) is 7.19. The van der Waals surface area contributed by atoms with Gasteiger partial charge in [0.15, 0.2) is 0 Å². The molecular weight excluding hydrogens is 210 g/mol. The highest BCUT2D eigenvalue weighted by Gasteiger charge is 2.52. The molecule has 96 valence electrons. The van der Waals surface area contributed by atoms with E-state index in [0.29, 0.717) is 11.7 Å². The number of piperidine rings is 1. The molecule has 2 nitrogen and oxygen atoms in total. The first kappa shape index (κ1) is 10.8. The molecule has 17 heavy (non-hydrogen) atoms. The molecule has 0 aromatic rings. The zero-order valence-electron chi connectivity index (χ0n) is 10.8. The van der Waals surface area contributed by atoms with Crippen molar-refractivity contribution >= 4 is 0 Å². The van der Waals surface area contributed by atoms with Gasteiger partial charge < -0.3 is 10.1 Å². The van der Waals surface area contributed by atoms with E-state index >= 15 is 0 Å². The molecule has 5 fully saturated rings. The average Bonchev–Trinajstić information content (AvgIpc) is 2.27. The molecule has 0 spiro atoms. The summed E-state index contributed by atoms with van der Waals surface area (Å²) in [7, 11) is 0. The van der Waals surface area contributed by atoms with Crippen LogP contribution in [0.2, 0.25) is 0 Å². The van der Waals surface area contributed by atoms with Crippen LogP contribution in [-0.4, -0.2) is 24.8 Å². The topological polar surface area (TPSA) is 21.3 Å². The summed E-state index contributed by atoms with van der Waals surface area (Å²) >= 11 is 0. The molecule has 1 heterocycles. The lowest BCUT2D eigenvalue weighted by Crippen LogP contribution is -2.54. The second-order valence-electron chi connectivity index (χ2n) is 7.19. The van der Waals surface area contributed by atoms with Crippen molar-refractivity contribution in [1.82, 2.24) is 5.32 Å². The molecule has 4 saturated carbocycles. The Morgan fingerprint density at radius 1 is 0.941 bits per heavy atom.